The van der Waals surface area contributed by atoms with Gasteiger partial charge in [0.2, 0.25) is 15.0 Å². The monoisotopic (exact) mass is 2140 g/mol. The molecule has 3 aliphatic heterocycles. The molecule has 0 spiro atoms. The number of ether oxygens (including phenoxy) is 20. The van der Waals surface area contributed by atoms with Crippen molar-refractivity contribution in [1.82, 2.24) is 0 Å². The van der Waals surface area contributed by atoms with E-state index in [1.54, 1.807) is 87.4 Å². The minimum atomic E-state index is -2.16. The van der Waals surface area contributed by atoms with Crippen molar-refractivity contribution in [3.8, 4) is 0 Å². The number of carbonyl (C=O) groups excluding carboxylic acids is 8. The van der Waals surface area contributed by atoms with Crippen molar-refractivity contribution < 1.29 is 202 Å². The Balaban J connectivity index is -0.000000165. The van der Waals surface area contributed by atoms with Gasteiger partial charge in [-0.2, -0.15) is 0 Å². The molecule has 848 valence electrons. The fourth-order valence-corrected chi connectivity index (χ4v) is 12.6. The fraction of sp³-hybridized carbons (Fsp3) is 0.626. The van der Waals surface area contributed by atoms with E-state index >= 15 is 0 Å². The topological polar surface area (TPSA) is 593 Å². The Morgan fingerprint density at radius 2 is 0.890 bits per heavy atom. The van der Waals surface area contributed by atoms with Gasteiger partial charge in [0.15, 0.2) is 30.9 Å². The summed E-state index contributed by atoms with van der Waals surface area (Å²) in [4.78, 5) is 100. The number of benzene rings is 2. The van der Waals surface area contributed by atoms with E-state index in [0.29, 0.717) is 109 Å². The number of aliphatic hydroxyl groups excluding tert-OH is 7. The molecule has 146 heavy (non-hydrogen) atoms. The number of rotatable bonds is 53. The Hall–Kier alpha value is -8.85. The van der Waals surface area contributed by atoms with Crippen LogP contribution in [0.15, 0.2) is 156 Å². The summed E-state index contributed by atoms with van der Waals surface area (Å²) >= 11 is 0. The fourth-order valence-electron chi connectivity index (χ4n) is 10.4. The first-order valence-electron chi connectivity index (χ1n) is 42.9. The first-order valence-corrected chi connectivity index (χ1v) is 46.9. The average Bonchev–Trinajstić information content (AvgIpc) is 0.751. The predicted molar refractivity (Wildman–Crippen MR) is 558 cm³/mol. The molecule has 10 unspecified atom stereocenters. The Labute approximate surface area is 867 Å². The molecule has 0 aliphatic carbocycles. The van der Waals surface area contributed by atoms with Gasteiger partial charge in [0.25, 0.3) is 0 Å². The third-order valence-electron chi connectivity index (χ3n) is 18.0. The molecule has 5 rings (SSSR count). The normalized spacial score (nSPS) is 20.7. The van der Waals surface area contributed by atoms with Gasteiger partial charge in [-0.15, -0.1) is 0 Å². The molecule has 3 fully saturated rings. The maximum absolute atomic E-state index is 12.6. The summed E-state index contributed by atoms with van der Waals surface area (Å²) in [5.74, 6) is -7.22. The van der Waals surface area contributed by atoms with E-state index in [2.05, 4.69) is 70.8 Å². The van der Waals surface area contributed by atoms with Crippen molar-refractivity contribution >= 4 is 88.7 Å². The van der Waals surface area contributed by atoms with Gasteiger partial charge in [-0.1, -0.05) is 179 Å². The molecule has 2 aromatic carbocycles. The van der Waals surface area contributed by atoms with Crippen LogP contribution in [0.2, 0.25) is 0 Å². The molecule has 10 N–H and O–H groups in total. The van der Waals surface area contributed by atoms with Crippen LogP contribution in [0.25, 0.3) is 12.2 Å². The average molecular weight is 2140 g/mol. The molecule has 3 saturated heterocycles. The Kier molecular flexibility index (Phi) is 104. The minimum Gasteiger partial charge on any atom is -0.479 e. The number of carbonyl (C=O) groups is 9. The van der Waals surface area contributed by atoms with Crippen molar-refractivity contribution in [2.45, 2.75) is 206 Å². The van der Waals surface area contributed by atoms with Gasteiger partial charge >= 0.3 is 53.7 Å². The number of aliphatic hydroxyl groups is 7. The number of esters is 8. The van der Waals surface area contributed by atoms with Crippen LogP contribution in [0.5, 0.6) is 0 Å². The second-order valence-corrected chi connectivity index (χ2v) is 33.9. The highest BCUT2D eigenvalue weighted by atomic mass is 31.2. The van der Waals surface area contributed by atoms with E-state index in [1.165, 1.54) is 34.1 Å². The summed E-state index contributed by atoms with van der Waals surface area (Å²) in [5.41, 5.74) is 0.763. The highest BCUT2D eigenvalue weighted by Gasteiger charge is 2.57. The Bertz CT molecular complexity index is 3960. The Morgan fingerprint density at radius 3 is 1.27 bits per heavy atom. The smallest absolute Gasteiger partial charge is 0.335 e. The van der Waals surface area contributed by atoms with E-state index in [4.69, 9.17) is 102 Å². The van der Waals surface area contributed by atoms with E-state index in [9.17, 15) is 73.8 Å². The molecule has 0 aromatic heterocycles. The third-order valence-corrected chi connectivity index (χ3v) is 22.1. The first-order chi connectivity index (χ1) is 65.0. The number of aliphatic carboxylic acids is 1. The van der Waals surface area contributed by atoms with E-state index < -0.39 is 173 Å². The van der Waals surface area contributed by atoms with Crippen LogP contribution in [0.4, 0.5) is 0 Å². The van der Waals surface area contributed by atoms with Gasteiger partial charge in [0.1, 0.15) is 84.1 Å². The van der Waals surface area contributed by atoms with Crippen molar-refractivity contribution in [1.29, 1.82) is 0 Å². The molecular formula is C99H177BN2O42P2. The van der Waals surface area contributed by atoms with Crippen LogP contribution < -0.4 is 0 Å². The molecule has 0 bridgehead atoms. The molecule has 47 heteroatoms. The molecule has 17 atom stereocenters. The second-order valence-electron chi connectivity index (χ2n) is 28.9. The van der Waals surface area contributed by atoms with E-state index in [1.807, 2.05) is 68.8 Å². The zero-order chi connectivity index (χ0) is 104. The summed E-state index contributed by atoms with van der Waals surface area (Å²) in [6.45, 7) is 37.4. The molecule has 3 aliphatic rings. The number of methoxy groups -OCH3 is 5. The summed E-state index contributed by atoms with van der Waals surface area (Å²) in [6.07, 6.45) is -6.02. The second kappa shape index (κ2) is 94.6. The van der Waals surface area contributed by atoms with Crippen molar-refractivity contribution in [3.05, 3.63) is 158 Å². The van der Waals surface area contributed by atoms with E-state index in [0.717, 1.165) is 35.9 Å². The lowest BCUT2D eigenvalue weighted by molar-refractivity contribution is -0.342. The largest absolute Gasteiger partial charge is 0.479 e. The van der Waals surface area contributed by atoms with Gasteiger partial charge in [0.05, 0.1) is 123 Å². The van der Waals surface area contributed by atoms with Crippen LogP contribution in [-0.2, 0) is 156 Å². The zero-order valence-corrected chi connectivity index (χ0v) is 83.3. The molecule has 2 radical (unpaired) electrons. The molecule has 0 saturated carbocycles. The Morgan fingerprint density at radius 1 is 0.486 bits per heavy atom. The van der Waals surface area contributed by atoms with Gasteiger partial charge in [0, 0.05) is 116 Å². The highest BCUT2D eigenvalue weighted by molar-refractivity contribution is 7.55. The molecule has 3 heterocycles. The predicted octanol–water partition coefficient (Wildman–Crippen LogP) is 9.69. The summed E-state index contributed by atoms with van der Waals surface area (Å²) in [5, 5.41) is 77.9. The zero-order valence-electron chi connectivity index (χ0n) is 81.6. The minimum absolute atomic E-state index is 0. The van der Waals surface area contributed by atoms with Crippen LogP contribution in [0.3, 0.4) is 0 Å². The van der Waals surface area contributed by atoms with Crippen LogP contribution >= 0.6 is 15.0 Å². The van der Waals surface area contributed by atoms with Crippen LogP contribution in [-0.4, -0.2) is 401 Å². The first kappa shape index (κ1) is 160. The lowest BCUT2D eigenvalue weighted by atomic mass is 9.63. The third kappa shape index (κ3) is 70.2. The quantitative estimate of drug-likeness (QED) is 0.00762. The highest BCUT2D eigenvalue weighted by Crippen LogP contribution is 2.48. The number of hydrogen-bond donors (Lipinski definition) is 8. The van der Waals surface area contributed by atoms with Crippen LogP contribution in [0.1, 0.15) is 125 Å². The van der Waals surface area contributed by atoms with Crippen molar-refractivity contribution in [2.75, 3.05) is 202 Å². The molecular weight excluding hydrogens is 1960 g/mol. The number of hydrogen-bond acceptors (Lipinski definition) is 42. The number of carboxylic acids is 1. The standard InChI is InChI=1S/C24H31BO11.C16H26NO4P.C12H28NO6P.C12H20O6.C10H14O4.C9H14O6.C8H10O4.8CH4.H2O/c1-12-13(2)33-15(11-26)21(29)24(12,25)36-23-19(17(28)18(32-3)20(35-23)22(30)31)34-16(27)10-9-14-7-5-4-6-8-14;1-17-22(3,21-15-14-19-13-12-18-2)20-11-7-10-16-8-5-4-6-9-16;1-13-20(4,18-11-9-16-7-5-14-2)19-12-10-17-8-6-15-3;1-5-7-8(13)9(14)10(12(16-4)17-7)18-11(15)6(2)3;1-7(2)9(11)13-5-6-14-10(12)8(3)4;1-7(11)6-15-9(13)3-2-8(12)14-5-4-10;1-3-7(9)11-5-6-12-8(10)4-2;;;;;;;;;/h4-10,12-13,15,17-21,23,26,28-29H,11H2,1-3H3,(H,30,31);4-10H,11-15H2,1-3H3;5-12H2,1-4H3;7-10,12-14H,2,5H2,1,3-4H3;1,3,5-6H2,2,4H3;2-3,7,10-11H,4-6H2,1H3;3-4H,1-2,5-6H2;8*1H4;1H2/b;10-7+;;;;;;;;;;;;;;/t12?,13-,15?,17-,18?,19?,20?,21?,23-,24-;;;7?,8-,9-,10?,12+;;;;;;;;;;;;/m0..1............/s1. The van der Waals surface area contributed by atoms with Gasteiger partial charge in [-0.3, -0.25) is 9.49 Å². The maximum Gasteiger partial charge on any atom is 0.335 e. The van der Waals surface area contributed by atoms with Crippen molar-refractivity contribution in [2.24, 2.45) is 15.4 Å². The molecule has 0 amide bonds. The van der Waals surface area contributed by atoms with Gasteiger partial charge < -0.3 is 159 Å². The van der Waals surface area contributed by atoms with Gasteiger partial charge in [-0.25, -0.2) is 43.2 Å². The van der Waals surface area contributed by atoms with Crippen LogP contribution in [0, 0.1) is 5.92 Å². The number of carboxylic acid groups (broad SMARTS) is 1. The SMILES string of the molecule is C.C.C.C.C.C.C.C.C=C(C)C(=O)OC1[C@@H](OC)OC(CC)[C@@H](O)[C@H]1O.C=C(C)C(=O)OCCOC(=O)C(=C)C.C=CC(=O)OCCOC(=O)C=C.CC(O)COC(=O)C=CC(=O)OCCO.CN=P(C)(OC/C=C/c1ccccc1)OCCOCCOC.CN=P(C)(OCCOCCOC)OCCOCCOC.O.[B][C@@]1(O[C@@H]2OC(C(=O)O)C(OC)[C@H](O)C2OC(=O)C=Cc2ccccc2)C(O)C(CO)O[C@@H](C)C1C. The summed E-state index contributed by atoms with van der Waals surface area (Å²) in [7, 11) is 13.0. The van der Waals surface area contributed by atoms with E-state index in [-0.39, 0.29) is 117 Å². The van der Waals surface area contributed by atoms with Gasteiger partial charge in [-0.05, 0) is 58.2 Å². The van der Waals surface area contributed by atoms with Crippen molar-refractivity contribution in [3.63, 3.8) is 0 Å². The summed E-state index contributed by atoms with van der Waals surface area (Å²) in [6, 6.07) is 19.0. The molecule has 2 aromatic rings. The summed E-state index contributed by atoms with van der Waals surface area (Å²) < 4.78 is 132. The lowest BCUT2D eigenvalue weighted by Gasteiger charge is -2.53. The lowest BCUT2D eigenvalue weighted by Crippen LogP contribution is -2.69. The molecule has 44 nitrogen and oxygen atoms in total. The number of nitrogens with zero attached hydrogens (tertiary/aromatic N) is 2. The maximum atomic E-state index is 12.6.